The van der Waals surface area contributed by atoms with Crippen LogP contribution in [0.3, 0.4) is 0 Å². The van der Waals surface area contributed by atoms with Crippen molar-refractivity contribution in [2.45, 2.75) is 129 Å². The van der Waals surface area contributed by atoms with E-state index in [1.54, 1.807) is 35.9 Å². The summed E-state index contributed by atoms with van der Waals surface area (Å²) in [6.45, 7) is 14.0. The van der Waals surface area contributed by atoms with Gasteiger partial charge in [0.1, 0.15) is 6.04 Å². The smallest absolute Gasteiger partial charge is 0.269 e. The Labute approximate surface area is 333 Å². The van der Waals surface area contributed by atoms with E-state index in [1.807, 2.05) is 60.5 Å². The molecule has 0 aromatic heterocycles. The summed E-state index contributed by atoms with van der Waals surface area (Å²) < 4.78 is 11.9. The van der Waals surface area contributed by atoms with Crippen molar-refractivity contribution in [1.82, 2.24) is 25.3 Å². The molecule has 1 aromatic rings. The highest BCUT2D eigenvalue weighted by atomic mass is 16.6. The fourth-order valence-corrected chi connectivity index (χ4v) is 8.11. The molecule has 1 aliphatic rings. The van der Waals surface area contributed by atoms with E-state index in [-0.39, 0.29) is 66.3 Å². The number of rotatable bonds is 22. The van der Waals surface area contributed by atoms with Crippen LogP contribution in [0.25, 0.3) is 0 Å². The third-order valence-corrected chi connectivity index (χ3v) is 11.2. The van der Waals surface area contributed by atoms with Gasteiger partial charge in [-0.05, 0) is 56.7 Å². The molecule has 1 saturated heterocycles. The minimum atomic E-state index is -0.787. The Hall–Kier alpha value is -4.13. The van der Waals surface area contributed by atoms with Gasteiger partial charge in [0.05, 0.1) is 60.1 Å². The van der Waals surface area contributed by atoms with Crippen molar-refractivity contribution < 1.29 is 33.6 Å². The zero-order chi connectivity index (χ0) is 42.4. The van der Waals surface area contributed by atoms with Crippen molar-refractivity contribution in [3.63, 3.8) is 0 Å². The van der Waals surface area contributed by atoms with Gasteiger partial charge in [-0.2, -0.15) is 5.26 Å². The van der Waals surface area contributed by atoms with E-state index in [0.717, 1.165) is 0 Å². The van der Waals surface area contributed by atoms with Crippen LogP contribution in [0, 0.1) is 45.1 Å². The third-order valence-electron chi connectivity index (χ3n) is 11.2. The zero-order valence-electron chi connectivity index (χ0n) is 35.6. The predicted octanol–water partition coefficient (Wildman–Crippen LogP) is 4.18. The van der Waals surface area contributed by atoms with E-state index >= 15 is 0 Å². The second-order valence-corrected chi connectivity index (χ2v) is 16.2. The first kappa shape index (κ1) is 48.0. The minimum absolute atomic E-state index is 0.00161. The highest BCUT2D eigenvalue weighted by Gasteiger charge is 2.43. The number of carbonyl (C=O) groups is 4. The number of hydrogen-bond donors (Lipinski definition) is 2. The second kappa shape index (κ2) is 22.6. The quantitative estimate of drug-likeness (QED) is 0.128. The molecule has 2 N–H and O–H groups in total. The van der Waals surface area contributed by atoms with Crippen molar-refractivity contribution in [3.8, 4) is 6.07 Å². The van der Waals surface area contributed by atoms with E-state index in [2.05, 4.69) is 16.7 Å². The number of ether oxygens (including phenoxy) is 2. The molecule has 4 amide bonds. The van der Waals surface area contributed by atoms with Crippen molar-refractivity contribution in [2.24, 2.45) is 23.7 Å². The maximum absolute atomic E-state index is 14.2. The Bertz CT molecular complexity index is 1510. The molecule has 1 fully saturated rings. The average Bonchev–Trinajstić information content (AvgIpc) is 3.62. The summed E-state index contributed by atoms with van der Waals surface area (Å²) in [6, 6.07) is 5.50. The lowest BCUT2D eigenvalue weighted by Gasteiger charge is -2.41. The van der Waals surface area contributed by atoms with Crippen LogP contribution >= 0.6 is 0 Å². The van der Waals surface area contributed by atoms with Crippen LogP contribution in [0.1, 0.15) is 86.1 Å². The number of hydrogen-bond acceptors (Lipinski definition) is 10. The summed E-state index contributed by atoms with van der Waals surface area (Å²) in [5, 5.41) is 26.7. The SMILES string of the molecule is CC[C@H](C)[C@@H]([C@@H](CC(=O)N1CCC[C@H]1[C@H](OC)[C@@H](C)C(=O)N[C@H](CC#N)Cc1cccc([N+](=O)[O-])c1)OC)N(C)C(=O)[C@@H](NC(=O)[C@H](C(C)C)N(C)C)C(C)C. The number of nitro benzene ring substituents is 1. The Morgan fingerprint density at radius 3 is 2.20 bits per heavy atom. The van der Waals surface area contributed by atoms with Crippen LogP contribution in [-0.4, -0.2) is 128 Å². The van der Waals surface area contributed by atoms with Gasteiger partial charge in [-0.3, -0.25) is 34.2 Å². The van der Waals surface area contributed by atoms with Crippen molar-refractivity contribution >= 4 is 29.3 Å². The van der Waals surface area contributed by atoms with Gasteiger partial charge in [-0.15, -0.1) is 0 Å². The summed E-state index contributed by atoms with van der Waals surface area (Å²) in [5.41, 5.74) is 0.545. The van der Waals surface area contributed by atoms with Gasteiger partial charge in [0.15, 0.2) is 0 Å². The summed E-state index contributed by atoms with van der Waals surface area (Å²) in [7, 11) is 8.44. The fraction of sp³-hybridized carbons (Fsp3) is 0.732. The molecule has 1 aliphatic heterocycles. The van der Waals surface area contributed by atoms with Crippen LogP contribution in [0.5, 0.6) is 0 Å². The number of nitrogens with zero attached hydrogens (tertiary/aromatic N) is 5. The van der Waals surface area contributed by atoms with E-state index in [1.165, 1.54) is 26.4 Å². The summed E-state index contributed by atoms with van der Waals surface area (Å²) in [5.74, 6) is -1.94. The van der Waals surface area contributed by atoms with E-state index in [4.69, 9.17) is 9.47 Å². The maximum Gasteiger partial charge on any atom is 0.269 e. The standard InChI is InChI=1S/C41H67N7O8/c1-13-27(6)37(46(10)41(52)35(25(2)3)44-40(51)36(26(4)5)45(8)9)33(55-11)24-34(49)47-21-15-18-32(47)38(56-12)28(7)39(50)43-30(19-20-42)22-29-16-14-17-31(23-29)48(53)54/h14,16-17,23,25-28,30,32-33,35-38H,13,15,18-19,21-22,24H2,1-12H3,(H,43,50)(H,44,51)/t27-,28+,30+,32-,33+,35-,36-,37-,38+/m0/s1. The molecule has 0 radical (unpaired) electrons. The van der Waals surface area contributed by atoms with Gasteiger partial charge in [0, 0.05) is 46.0 Å². The number of likely N-dealkylation sites (tertiary alicyclic amines) is 1. The largest absolute Gasteiger partial charge is 0.379 e. The molecule has 2 rings (SSSR count). The molecular formula is C41H67N7O8. The van der Waals surface area contributed by atoms with Gasteiger partial charge in [-0.25, -0.2) is 0 Å². The van der Waals surface area contributed by atoms with Gasteiger partial charge in [-0.1, -0.05) is 67.0 Å². The lowest BCUT2D eigenvalue weighted by Crippen LogP contribution is -2.59. The first-order valence-electron chi connectivity index (χ1n) is 19.8. The molecule has 0 bridgehead atoms. The van der Waals surface area contributed by atoms with Crippen molar-refractivity contribution in [2.75, 3.05) is 41.9 Å². The van der Waals surface area contributed by atoms with E-state index in [9.17, 15) is 34.6 Å². The Kier molecular flexibility index (Phi) is 19.4. The molecule has 0 saturated carbocycles. The van der Waals surface area contributed by atoms with Crippen LogP contribution in [0.4, 0.5) is 5.69 Å². The topological polar surface area (TPSA) is 187 Å². The van der Waals surface area contributed by atoms with Crippen LogP contribution in [0.15, 0.2) is 24.3 Å². The molecule has 9 atom stereocenters. The number of likely N-dealkylation sites (N-methyl/N-ethyl adjacent to an activating group) is 2. The van der Waals surface area contributed by atoms with Gasteiger partial charge in [0.2, 0.25) is 23.6 Å². The molecule has 1 heterocycles. The van der Waals surface area contributed by atoms with Crippen LogP contribution < -0.4 is 10.6 Å². The molecule has 0 spiro atoms. The van der Waals surface area contributed by atoms with E-state index < -0.39 is 53.3 Å². The van der Waals surface area contributed by atoms with Gasteiger partial charge < -0.3 is 29.9 Å². The zero-order valence-corrected chi connectivity index (χ0v) is 35.6. The summed E-state index contributed by atoms with van der Waals surface area (Å²) >= 11 is 0. The number of nitriles is 1. The van der Waals surface area contributed by atoms with Crippen molar-refractivity contribution in [3.05, 3.63) is 39.9 Å². The molecular weight excluding hydrogens is 718 g/mol. The molecule has 314 valence electrons. The Morgan fingerprint density at radius 1 is 1.02 bits per heavy atom. The molecule has 0 aliphatic carbocycles. The first-order valence-corrected chi connectivity index (χ1v) is 19.8. The number of nitro groups is 1. The molecule has 1 aromatic carbocycles. The normalized spacial score (nSPS) is 18.7. The van der Waals surface area contributed by atoms with Crippen LogP contribution in [0.2, 0.25) is 0 Å². The van der Waals surface area contributed by atoms with Crippen molar-refractivity contribution in [1.29, 1.82) is 5.26 Å². The number of non-ortho nitro benzene ring substituents is 1. The molecule has 15 heteroatoms. The monoisotopic (exact) mass is 786 g/mol. The number of benzene rings is 1. The third kappa shape index (κ3) is 12.7. The average molecular weight is 786 g/mol. The molecule has 0 unspecified atom stereocenters. The molecule has 56 heavy (non-hydrogen) atoms. The fourth-order valence-electron chi connectivity index (χ4n) is 8.11. The molecule has 15 nitrogen and oxygen atoms in total. The van der Waals surface area contributed by atoms with Gasteiger partial charge >= 0.3 is 0 Å². The number of nitrogens with one attached hydrogen (secondary N) is 2. The summed E-state index contributed by atoms with van der Waals surface area (Å²) in [4.78, 5) is 71.6. The Balaban J connectivity index is 2.28. The Morgan fingerprint density at radius 2 is 1.68 bits per heavy atom. The highest BCUT2D eigenvalue weighted by Crippen LogP contribution is 2.30. The minimum Gasteiger partial charge on any atom is -0.379 e. The number of carbonyl (C=O) groups excluding carboxylic acids is 4. The number of methoxy groups -OCH3 is 2. The summed E-state index contributed by atoms with van der Waals surface area (Å²) in [6.07, 6.45) is 0.918. The van der Waals surface area contributed by atoms with E-state index in [0.29, 0.717) is 31.4 Å². The maximum atomic E-state index is 14.2. The predicted molar refractivity (Wildman–Crippen MR) is 214 cm³/mol. The lowest BCUT2D eigenvalue weighted by atomic mass is 9.89. The van der Waals surface area contributed by atoms with Gasteiger partial charge in [0.25, 0.3) is 5.69 Å². The second-order valence-electron chi connectivity index (χ2n) is 16.2. The first-order chi connectivity index (χ1) is 26.3. The number of amides is 4. The highest BCUT2D eigenvalue weighted by molar-refractivity contribution is 5.90. The van der Waals surface area contributed by atoms with Crippen LogP contribution in [-0.2, 0) is 35.1 Å². The lowest BCUT2D eigenvalue weighted by molar-refractivity contribution is -0.384.